The van der Waals surface area contributed by atoms with Crippen LogP contribution in [0.3, 0.4) is 0 Å². The van der Waals surface area contributed by atoms with Crippen LogP contribution in [-0.4, -0.2) is 256 Å². The van der Waals surface area contributed by atoms with Crippen molar-refractivity contribution in [1.29, 1.82) is 0 Å². The number of aliphatic hydroxyl groups is 13. The average Bonchev–Trinajstić information content (AvgIpc) is 0.663. The van der Waals surface area contributed by atoms with E-state index in [9.17, 15) is 85.9 Å². The molecule has 27 heteroatoms. The lowest BCUT2D eigenvalue weighted by molar-refractivity contribution is -0.401. The van der Waals surface area contributed by atoms with E-state index in [0.29, 0.717) is 37.7 Å². The molecule has 0 aromatic carbocycles. The second-order valence-corrected chi connectivity index (χ2v) is 29.2. The quantitative estimate of drug-likeness (QED) is 0.0389. The molecule has 4 saturated heterocycles. The molecule has 0 aromatic heterocycles. The van der Waals surface area contributed by atoms with Gasteiger partial charge in [-0.2, -0.15) is 0 Å². The molecule has 0 aromatic rings. The molecule has 0 radical (unpaired) electrons. The van der Waals surface area contributed by atoms with Gasteiger partial charge in [0, 0.05) is 16.4 Å². The van der Waals surface area contributed by atoms with Crippen molar-refractivity contribution in [2.24, 2.45) is 56.2 Å². The maximum Gasteiger partial charge on any atom is 0.335 e. The lowest BCUT2D eigenvalue weighted by atomic mass is 9.32. The predicted molar refractivity (Wildman–Crippen MR) is 308 cm³/mol. The molecular weight excluding hydrogens is 1190 g/mol. The number of rotatable bonds is 16. The third-order valence-corrected chi connectivity index (χ3v) is 23.7. The van der Waals surface area contributed by atoms with Gasteiger partial charge < -0.3 is 119 Å². The van der Waals surface area contributed by atoms with E-state index < -0.39 is 229 Å². The van der Waals surface area contributed by atoms with Crippen LogP contribution in [0, 0.1) is 56.2 Å². The molecule has 0 spiro atoms. The van der Waals surface area contributed by atoms with Gasteiger partial charge in [0.25, 0.3) is 0 Å². The minimum absolute atomic E-state index is 0.192. The van der Waals surface area contributed by atoms with Crippen LogP contribution in [0.25, 0.3) is 0 Å². The Kier molecular flexibility index (Phi) is 20.8. The zero-order chi connectivity index (χ0) is 66.6. The van der Waals surface area contributed by atoms with E-state index in [-0.39, 0.29) is 24.7 Å². The number of aliphatic carboxylic acids is 1. The Morgan fingerprint density at radius 3 is 1.92 bits per heavy atom. The van der Waals surface area contributed by atoms with Crippen LogP contribution in [0.1, 0.15) is 128 Å². The van der Waals surface area contributed by atoms with Crippen molar-refractivity contribution in [2.75, 3.05) is 19.8 Å². The SMILES string of the molecule is C/C=C(/C)C(=O)O[C@H]1[C@H](OC(=O)C(C)CC)[C@@]2(CO)C(CC1(C)C)C1=CCC3[C@@]4(C)CC[C@H](O[C@@H]5O[C@H](C(=O)O)[C@@H](O)[C@H](O[C@@H]6OC[C@H](O)[C@H](O)[C@H]6O[C@@H]6O[C@@H](C)[C@H](O)[C@@H](O)[C@H]6O)[C@H]5O[C@@H]5O[C@H](CO)[C@H](O)[C@H](O)[C@H]5O)C(C)(C)C4CC[C@@]3(C)[C@]1(C)[C@@H](O)[C@H]2O. The molecule has 8 fully saturated rings. The Morgan fingerprint density at radius 2 is 1.31 bits per heavy atom. The number of carboxylic acids is 1. The minimum atomic E-state index is -2.24. The monoisotopic (exact) mass is 1290 g/mol. The highest BCUT2D eigenvalue weighted by Gasteiger charge is 2.77. The third-order valence-electron chi connectivity index (χ3n) is 23.7. The van der Waals surface area contributed by atoms with E-state index >= 15 is 0 Å². The van der Waals surface area contributed by atoms with Gasteiger partial charge >= 0.3 is 17.9 Å². The number of hydrogen-bond donors (Lipinski definition) is 14. The molecule has 27 nitrogen and oxygen atoms in total. The first-order valence-electron chi connectivity index (χ1n) is 31.9. The minimum Gasteiger partial charge on any atom is -0.479 e. The number of carbonyl (C=O) groups excluding carboxylic acids is 2. The van der Waals surface area contributed by atoms with Crippen molar-refractivity contribution in [3.05, 3.63) is 23.3 Å². The van der Waals surface area contributed by atoms with Crippen molar-refractivity contribution in [2.45, 2.75) is 275 Å². The summed E-state index contributed by atoms with van der Waals surface area (Å²) < 4.78 is 61.7. The van der Waals surface area contributed by atoms with Crippen LogP contribution in [0.15, 0.2) is 23.3 Å². The lowest BCUT2D eigenvalue weighted by Gasteiger charge is -2.73. The molecule has 9 rings (SSSR count). The molecule has 4 heterocycles. The number of esters is 2. The Bertz CT molecular complexity index is 2640. The molecular formula is C63H100O27. The standard InChI is InChI=1S/C63H100O27/c1-13-25(3)52(79)89-49-50(90-53(80)26(4)14-2)63(24-65)29(21-58(49,6)7)28-15-16-33-60(10)19-18-34(59(8,9)32(60)17-20-61(33,11)62(28,12)47(75)48(63)76)84-57-46(88-55-41(73)39(71)37(69)31(22-64)83-55)43(42(74)44(86-57)51(77)78)85-56-45(36(68)30(66)23-81-56)87-54-40(72)38(70)35(67)27(5)82-54/h13,15,26-27,29-50,54-57,64-76H,14,16-24H2,1-12H3,(H,77,78)/b25-13-/t26?,27-,29?,30-,31+,32?,33?,34-,35-,36-,37-,38+,39-,40+,41+,42-,43-,44-,45+,46+,47-,48+,49-,50-,54-,55-,56-,57+,60-,61+,62-,63-/m0/s1. The van der Waals surface area contributed by atoms with E-state index in [0.717, 1.165) is 5.57 Å². The summed E-state index contributed by atoms with van der Waals surface area (Å²) in [7, 11) is 0. The zero-order valence-electron chi connectivity index (χ0n) is 53.5. The molecule has 0 amide bonds. The molecule has 0 bridgehead atoms. The fraction of sp³-hybridized carbons (Fsp3) is 0.889. The number of fused-ring (bicyclic) bond motifs is 7. The van der Waals surface area contributed by atoms with Gasteiger partial charge in [-0.1, -0.05) is 80.0 Å². The number of aliphatic hydroxyl groups excluding tert-OH is 13. The van der Waals surface area contributed by atoms with Crippen molar-refractivity contribution in [1.82, 2.24) is 0 Å². The molecule has 90 heavy (non-hydrogen) atoms. The van der Waals surface area contributed by atoms with Crippen molar-refractivity contribution in [3.8, 4) is 0 Å². The van der Waals surface area contributed by atoms with Gasteiger partial charge in [0.05, 0.1) is 55.6 Å². The largest absolute Gasteiger partial charge is 0.479 e. The predicted octanol–water partition coefficient (Wildman–Crippen LogP) is -0.806. The fourth-order valence-corrected chi connectivity index (χ4v) is 17.6. The van der Waals surface area contributed by atoms with Crippen LogP contribution in [0.2, 0.25) is 0 Å². The first-order chi connectivity index (χ1) is 42.0. The molecule has 4 unspecified atom stereocenters. The summed E-state index contributed by atoms with van der Waals surface area (Å²) in [6.07, 6.45) is -35.3. The Hall–Kier alpha value is -2.95. The molecule has 4 saturated carbocycles. The molecule has 5 aliphatic carbocycles. The van der Waals surface area contributed by atoms with E-state index in [1.807, 2.05) is 41.5 Å². The first-order valence-corrected chi connectivity index (χ1v) is 31.9. The fourth-order valence-electron chi connectivity index (χ4n) is 17.6. The normalized spacial score (nSPS) is 50.4. The van der Waals surface area contributed by atoms with Crippen molar-refractivity contribution in [3.63, 3.8) is 0 Å². The molecule has 32 atom stereocenters. The Labute approximate surface area is 524 Å². The highest BCUT2D eigenvalue weighted by molar-refractivity contribution is 5.88. The molecule has 4 aliphatic heterocycles. The van der Waals surface area contributed by atoms with Gasteiger partial charge in [0.15, 0.2) is 37.4 Å². The number of ether oxygens (including phenoxy) is 10. The zero-order valence-corrected chi connectivity index (χ0v) is 53.5. The summed E-state index contributed by atoms with van der Waals surface area (Å²) in [5.74, 6) is -4.64. The van der Waals surface area contributed by atoms with E-state index in [4.69, 9.17) is 47.4 Å². The van der Waals surface area contributed by atoms with Gasteiger partial charge in [0.2, 0.25) is 0 Å². The smallest absolute Gasteiger partial charge is 0.335 e. The van der Waals surface area contributed by atoms with E-state index in [2.05, 4.69) is 19.9 Å². The highest BCUT2D eigenvalue weighted by Crippen LogP contribution is 2.76. The summed E-state index contributed by atoms with van der Waals surface area (Å²) in [6, 6.07) is 0. The maximum atomic E-state index is 14.0. The number of carboxylic acid groups (broad SMARTS) is 1. The molecule has 514 valence electrons. The van der Waals surface area contributed by atoms with Gasteiger partial charge in [-0.25, -0.2) is 9.59 Å². The lowest BCUT2D eigenvalue weighted by Crippen LogP contribution is -2.76. The molecule has 14 N–H and O–H groups in total. The summed E-state index contributed by atoms with van der Waals surface area (Å²) in [4.78, 5) is 40.9. The maximum absolute atomic E-state index is 14.0. The summed E-state index contributed by atoms with van der Waals surface area (Å²) in [6.45, 7) is 20.1. The van der Waals surface area contributed by atoms with Gasteiger partial charge in [0.1, 0.15) is 85.5 Å². The van der Waals surface area contributed by atoms with E-state index in [1.54, 1.807) is 26.8 Å². The Balaban J connectivity index is 1.05. The number of hydrogen-bond acceptors (Lipinski definition) is 26. The van der Waals surface area contributed by atoms with Crippen LogP contribution in [0.5, 0.6) is 0 Å². The van der Waals surface area contributed by atoms with Crippen LogP contribution >= 0.6 is 0 Å². The second kappa shape index (κ2) is 26.2. The van der Waals surface area contributed by atoms with E-state index in [1.165, 1.54) is 6.92 Å². The topological polar surface area (TPSA) is 427 Å². The average molecular weight is 1290 g/mol. The number of carbonyl (C=O) groups is 3. The van der Waals surface area contributed by atoms with Crippen molar-refractivity contribution < 1.29 is 133 Å². The van der Waals surface area contributed by atoms with Gasteiger partial charge in [-0.3, -0.25) is 4.79 Å². The summed E-state index contributed by atoms with van der Waals surface area (Å²) in [5.41, 5.74) is -4.86. The summed E-state index contributed by atoms with van der Waals surface area (Å²) in [5, 5.41) is 158. The van der Waals surface area contributed by atoms with Crippen molar-refractivity contribution >= 4 is 17.9 Å². The third kappa shape index (κ3) is 11.6. The molecule has 9 aliphatic rings. The highest BCUT2D eigenvalue weighted by atomic mass is 16.8. The van der Waals surface area contributed by atoms with Crippen LogP contribution in [-0.2, 0) is 61.8 Å². The number of allylic oxidation sites excluding steroid dienone is 2. The second-order valence-electron chi connectivity index (χ2n) is 29.2. The van der Waals surface area contributed by atoms with Gasteiger partial charge in [-0.05, 0) is 99.7 Å². The first kappa shape index (κ1) is 71.3. The summed E-state index contributed by atoms with van der Waals surface area (Å²) >= 11 is 0. The van der Waals surface area contributed by atoms with Crippen LogP contribution in [0.4, 0.5) is 0 Å². The Morgan fingerprint density at radius 1 is 0.689 bits per heavy atom. The van der Waals surface area contributed by atoms with Crippen LogP contribution < -0.4 is 0 Å². The van der Waals surface area contributed by atoms with Gasteiger partial charge in [-0.15, -0.1) is 0 Å².